The largest absolute Gasteiger partial charge is 0.378 e. The molecule has 2 rings (SSSR count). The Kier molecular flexibility index (Phi) is 5.80. The summed E-state index contributed by atoms with van der Waals surface area (Å²) < 4.78 is 0. The maximum atomic E-state index is 12.2. The van der Waals surface area contributed by atoms with E-state index in [0.29, 0.717) is 5.56 Å². The van der Waals surface area contributed by atoms with Crippen LogP contribution >= 0.6 is 0 Å². The number of carbonyl (C=O) groups is 2. The van der Waals surface area contributed by atoms with Crippen LogP contribution < -0.4 is 15.5 Å². The van der Waals surface area contributed by atoms with E-state index in [9.17, 15) is 9.59 Å². The van der Waals surface area contributed by atoms with Gasteiger partial charge >= 0.3 is 0 Å². The molecule has 0 aliphatic carbocycles. The molecule has 2 aromatic carbocycles. The Balaban J connectivity index is 1.94. The Morgan fingerprint density at radius 1 is 0.960 bits per heavy atom. The summed E-state index contributed by atoms with van der Waals surface area (Å²) in [6.07, 6.45) is 0. The number of rotatable bonds is 5. The molecule has 0 saturated carbocycles. The molecule has 0 fully saturated rings. The lowest BCUT2D eigenvalue weighted by Gasteiger charge is -2.14. The molecule has 0 bridgehead atoms. The van der Waals surface area contributed by atoms with Crippen LogP contribution in [0.1, 0.15) is 27.0 Å². The molecule has 0 aromatic heterocycles. The average Bonchev–Trinajstić information content (AvgIpc) is 2.56. The van der Waals surface area contributed by atoms with E-state index in [0.717, 1.165) is 28.1 Å². The monoisotopic (exact) mass is 339 g/mol. The van der Waals surface area contributed by atoms with Gasteiger partial charge in [0, 0.05) is 31.0 Å². The van der Waals surface area contributed by atoms with Gasteiger partial charge in [0.2, 0.25) is 5.91 Å². The second-order valence-corrected chi connectivity index (χ2v) is 6.45. The molecule has 2 amide bonds. The van der Waals surface area contributed by atoms with Crippen molar-refractivity contribution >= 4 is 23.2 Å². The Hall–Kier alpha value is -2.82. The zero-order valence-corrected chi connectivity index (χ0v) is 15.4. The van der Waals surface area contributed by atoms with Gasteiger partial charge < -0.3 is 15.5 Å². The lowest BCUT2D eigenvalue weighted by atomic mass is 10.1. The Labute approximate surface area is 149 Å². The van der Waals surface area contributed by atoms with Crippen LogP contribution in [-0.2, 0) is 4.79 Å². The van der Waals surface area contributed by atoms with E-state index >= 15 is 0 Å². The van der Waals surface area contributed by atoms with Crippen molar-refractivity contribution in [3.05, 3.63) is 58.7 Å². The minimum Gasteiger partial charge on any atom is -0.378 e. The number of aryl methyl sites for hydroxylation is 3. The molecule has 132 valence electrons. The predicted octanol–water partition coefficient (Wildman–Crippen LogP) is 3.05. The van der Waals surface area contributed by atoms with Gasteiger partial charge in [0.1, 0.15) is 0 Å². The SMILES string of the molecule is Cc1cc(C)c(NC(=O)CNC(=O)c2ccc(N(C)C)cc2)c(C)c1. The highest BCUT2D eigenvalue weighted by Gasteiger charge is 2.11. The summed E-state index contributed by atoms with van der Waals surface area (Å²) in [7, 11) is 3.88. The fourth-order valence-corrected chi connectivity index (χ4v) is 2.73. The van der Waals surface area contributed by atoms with Gasteiger partial charge in [-0.3, -0.25) is 9.59 Å². The summed E-state index contributed by atoms with van der Waals surface area (Å²) in [6, 6.07) is 11.3. The van der Waals surface area contributed by atoms with E-state index in [4.69, 9.17) is 0 Å². The van der Waals surface area contributed by atoms with Gasteiger partial charge in [0.15, 0.2) is 0 Å². The molecule has 0 aliphatic heterocycles. The molecular weight excluding hydrogens is 314 g/mol. The fraction of sp³-hybridized carbons (Fsp3) is 0.300. The van der Waals surface area contributed by atoms with Gasteiger partial charge in [-0.15, -0.1) is 0 Å². The maximum Gasteiger partial charge on any atom is 0.251 e. The molecule has 0 aliphatic rings. The van der Waals surface area contributed by atoms with Crippen LogP contribution in [-0.4, -0.2) is 32.5 Å². The molecule has 5 heteroatoms. The molecule has 0 heterocycles. The Morgan fingerprint density at radius 2 is 1.52 bits per heavy atom. The molecule has 25 heavy (non-hydrogen) atoms. The van der Waals surface area contributed by atoms with Crippen molar-refractivity contribution in [3.63, 3.8) is 0 Å². The van der Waals surface area contributed by atoms with Crippen LogP contribution in [0.2, 0.25) is 0 Å². The third-order valence-electron chi connectivity index (χ3n) is 4.00. The molecule has 0 saturated heterocycles. The van der Waals surface area contributed by atoms with Crippen molar-refractivity contribution in [1.29, 1.82) is 0 Å². The van der Waals surface area contributed by atoms with E-state index in [1.54, 1.807) is 12.1 Å². The van der Waals surface area contributed by atoms with Crippen molar-refractivity contribution in [2.75, 3.05) is 30.9 Å². The van der Waals surface area contributed by atoms with E-state index in [-0.39, 0.29) is 18.4 Å². The van der Waals surface area contributed by atoms with Crippen molar-refractivity contribution in [2.24, 2.45) is 0 Å². The summed E-state index contributed by atoms with van der Waals surface area (Å²) in [6.45, 7) is 5.87. The minimum atomic E-state index is -0.266. The second kappa shape index (κ2) is 7.83. The molecule has 2 N–H and O–H groups in total. The number of hydrogen-bond donors (Lipinski definition) is 2. The molecule has 0 unspecified atom stereocenters. The minimum absolute atomic E-state index is 0.0684. The standard InChI is InChI=1S/C20H25N3O2/c1-13-10-14(2)19(15(3)11-13)22-18(24)12-21-20(25)16-6-8-17(9-7-16)23(4)5/h6-11H,12H2,1-5H3,(H,21,25)(H,22,24). The zero-order valence-electron chi connectivity index (χ0n) is 15.4. The maximum absolute atomic E-state index is 12.2. The highest BCUT2D eigenvalue weighted by Crippen LogP contribution is 2.21. The fourth-order valence-electron chi connectivity index (χ4n) is 2.73. The average molecular weight is 339 g/mol. The number of anilines is 2. The number of nitrogens with one attached hydrogen (secondary N) is 2. The lowest BCUT2D eigenvalue weighted by Crippen LogP contribution is -2.33. The van der Waals surface area contributed by atoms with Gasteiger partial charge in [-0.1, -0.05) is 17.7 Å². The van der Waals surface area contributed by atoms with Crippen molar-refractivity contribution in [2.45, 2.75) is 20.8 Å². The topological polar surface area (TPSA) is 61.4 Å². The van der Waals surface area contributed by atoms with Gasteiger partial charge in [-0.05, 0) is 56.2 Å². The summed E-state index contributed by atoms with van der Waals surface area (Å²) in [5.41, 5.74) is 5.52. The summed E-state index contributed by atoms with van der Waals surface area (Å²) in [5, 5.41) is 5.53. The van der Waals surface area contributed by atoms with Crippen molar-refractivity contribution in [3.8, 4) is 0 Å². The quantitative estimate of drug-likeness (QED) is 0.880. The number of amides is 2. The van der Waals surface area contributed by atoms with Crippen LogP contribution in [0, 0.1) is 20.8 Å². The van der Waals surface area contributed by atoms with Crippen LogP contribution in [0.4, 0.5) is 11.4 Å². The smallest absolute Gasteiger partial charge is 0.251 e. The van der Waals surface area contributed by atoms with Crippen LogP contribution in [0.15, 0.2) is 36.4 Å². The summed E-state index contributed by atoms with van der Waals surface area (Å²) in [5.74, 6) is -0.508. The van der Waals surface area contributed by atoms with E-state index in [1.165, 1.54) is 0 Å². The van der Waals surface area contributed by atoms with E-state index in [2.05, 4.69) is 10.6 Å². The van der Waals surface area contributed by atoms with Gasteiger partial charge in [-0.2, -0.15) is 0 Å². The summed E-state index contributed by atoms with van der Waals surface area (Å²) in [4.78, 5) is 26.3. The van der Waals surface area contributed by atoms with E-state index < -0.39 is 0 Å². The van der Waals surface area contributed by atoms with Crippen LogP contribution in [0.25, 0.3) is 0 Å². The second-order valence-electron chi connectivity index (χ2n) is 6.45. The molecular formula is C20H25N3O2. The van der Waals surface area contributed by atoms with Crippen molar-refractivity contribution in [1.82, 2.24) is 5.32 Å². The Bertz CT molecular complexity index is 757. The molecule has 5 nitrogen and oxygen atoms in total. The molecule has 0 radical (unpaired) electrons. The third-order valence-corrected chi connectivity index (χ3v) is 4.00. The first-order valence-corrected chi connectivity index (χ1v) is 8.21. The molecule has 0 atom stereocenters. The first-order chi connectivity index (χ1) is 11.8. The van der Waals surface area contributed by atoms with Crippen LogP contribution in [0.5, 0.6) is 0 Å². The number of nitrogens with zero attached hydrogens (tertiary/aromatic N) is 1. The zero-order chi connectivity index (χ0) is 18.6. The number of hydrogen-bond acceptors (Lipinski definition) is 3. The normalized spacial score (nSPS) is 10.3. The van der Waals surface area contributed by atoms with Gasteiger partial charge in [0.05, 0.1) is 6.54 Å². The highest BCUT2D eigenvalue weighted by atomic mass is 16.2. The first-order valence-electron chi connectivity index (χ1n) is 8.21. The van der Waals surface area contributed by atoms with Gasteiger partial charge in [-0.25, -0.2) is 0 Å². The highest BCUT2D eigenvalue weighted by molar-refractivity contribution is 6.00. The van der Waals surface area contributed by atoms with Crippen LogP contribution in [0.3, 0.4) is 0 Å². The first kappa shape index (κ1) is 18.5. The van der Waals surface area contributed by atoms with E-state index in [1.807, 2.05) is 64.0 Å². The number of benzene rings is 2. The Morgan fingerprint density at radius 3 is 2.04 bits per heavy atom. The summed E-state index contributed by atoms with van der Waals surface area (Å²) >= 11 is 0. The van der Waals surface area contributed by atoms with Gasteiger partial charge in [0.25, 0.3) is 5.91 Å². The van der Waals surface area contributed by atoms with Crippen molar-refractivity contribution < 1.29 is 9.59 Å². The molecule has 2 aromatic rings. The predicted molar refractivity (Wildman–Crippen MR) is 102 cm³/mol. The third kappa shape index (κ3) is 4.83. The lowest BCUT2D eigenvalue weighted by molar-refractivity contribution is -0.115. The molecule has 0 spiro atoms. The number of carbonyl (C=O) groups excluding carboxylic acids is 2.